The van der Waals surface area contributed by atoms with Gasteiger partial charge in [0.2, 0.25) is 0 Å². The maximum Gasteiger partial charge on any atom is 0.324 e. The monoisotopic (exact) mass is 525 g/mol. The summed E-state index contributed by atoms with van der Waals surface area (Å²) < 4.78 is 29.6. The summed E-state index contributed by atoms with van der Waals surface area (Å²) in [5, 5.41) is 12.4. The van der Waals surface area contributed by atoms with Gasteiger partial charge in [0.05, 0.1) is 16.1 Å². The minimum Gasteiger partial charge on any atom is -0.480 e. The summed E-state index contributed by atoms with van der Waals surface area (Å²) in [4.78, 5) is 15.9. The average molecular weight is 526 g/mol. The maximum absolute atomic E-state index is 13.4. The molecule has 0 saturated carbocycles. The summed E-state index contributed by atoms with van der Waals surface area (Å²) in [5.41, 5.74) is 0.982. The predicted molar refractivity (Wildman–Crippen MR) is 137 cm³/mol. The molecule has 0 amide bonds. The Bertz CT molecular complexity index is 1690. The van der Waals surface area contributed by atoms with E-state index < -0.39 is 22.5 Å². The van der Waals surface area contributed by atoms with Crippen molar-refractivity contribution in [3.8, 4) is 5.82 Å². The van der Waals surface area contributed by atoms with Gasteiger partial charge in [0.15, 0.2) is 0 Å². The number of carbonyl (C=O) groups is 1. The summed E-state index contributed by atoms with van der Waals surface area (Å²) in [6, 6.07) is 20.4. The molecular weight excluding hydrogens is 509 g/mol. The Kier molecular flexibility index (Phi) is 5.88. The van der Waals surface area contributed by atoms with Gasteiger partial charge in [-0.05, 0) is 53.9 Å². The quantitative estimate of drug-likeness (QED) is 0.304. The zero-order chi connectivity index (χ0) is 24.7. The van der Waals surface area contributed by atoms with Gasteiger partial charge in [0, 0.05) is 33.2 Å². The maximum atomic E-state index is 13.4. The van der Waals surface area contributed by atoms with E-state index >= 15 is 0 Å². The van der Waals surface area contributed by atoms with Crippen LogP contribution in [0.15, 0.2) is 90.1 Å². The number of hydrogen-bond donors (Lipinski definition) is 1. The highest BCUT2D eigenvalue weighted by Gasteiger charge is 2.28. The Morgan fingerprint density at radius 1 is 0.943 bits per heavy atom. The molecule has 0 atom stereocenters. The third-order valence-electron chi connectivity index (χ3n) is 5.55. The highest BCUT2D eigenvalue weighted by Crippen LogP contribution is 2.32. The zero-order valence-electron chi connectivity index (χ0n) is 18.0. The first-order valence-electron chi connectivity index (χ1n) is 10.4. The van der Waals surface area contributed by atoms with E-state index in [9.17, 15) is 18.3 Å². The number of aromatic nitrogens is 2. The first kappa shape index (κ1) is 23.2. The Balaban J connectivity index is 1.63. The van der Waals surface area contributed by atoms with Gasteiger partial charge in [-0.2, -0.15) is 0 Å². The molecule has 0 aliphatic heterocycles. The number of anilines is 1. The van der Waals surface area contributed by atoms with Crippen molar-refractivity contribution in [1.82, 2.24) is 9.55 Å². The fourth-order valence-electron chi connectivity index (χ4n) is 4.01. The number of benzene rings is 3. The standard InChI is InChI=1S/C25H17Cl2N3O4S/c26-18-12-19(27)14-21(13-18)35(33,34)30(15-24(31)32)20-5-6-23-17(11-20)8-10-29(23)25-22-4-2-1-3-16(22)7-9-28-25/h1-14H,15H2,(H,31,32). The summed E-state index contributed by atoms with van der Waals surface area (Å²) in [7, 11) is -4.27. The molecule has 0 bridgehead atoms. The van der Waals surface area contributed by atoms with E-state index in [4.69, 9.17) is 23.2 Å². The minimum atomic E-state index is -4.27. The molecule has 2 heterocycles. The average Bonchev–Trinajstić information content (AvgIpc) is 3.24. The van der Waals surface area contributed by atoms with Crippen molar-refractivity contribution in [3.05, 3.63) is 95.2 Å². The van der Waals surface area contributed by atoms with Gasteiger partial charge < -0.3 is 9.67 Å². The van der Waals surface area contributed by atoms with Crippen LogP contribution < -0.4 is 4.31 Å². The molecule has 176 valence electrons. The molecule has 0 saturated heterocycles. The lowest BCUT2D eigenvalue weighted by Crippen LogP contribution is -2.35. The molecule has 0 spiro atoms. The van der Waals surface area contributed by atoms with Gasteiger partial charge in [-0.15, -0.1) is 0 Å². The number of rotatable bonds is 6. The summed E-state index contributed by atoms with van der Waals surface area (Å²) >= 11 is 12.0. The molecule has 35 heavy (non-hydrogen) atoms. The second kappa shape index (κ2) is 8.88. The van der Waals surface area contributed by atoms with E-state index in [1.165, 1.54) is 18.2 Å². The third kappa shape index (κ3) is 4.32. The normalized spacial score (nSPS) is 11.7. The molecule has 2 aromatic heterocycles. The first-order valence-corrected chi connectivity index (χ1v) is 12.6. The Morgan fingerprint density at radius 2 is 1.69 bits per heavy atom. The molecule has 0 unspecified atom stereocenters. The topological polar surface area (TPSA) is 92.5 Å². The SMILES string of the molecule is O=C(O)CN(c1ccc2c(ccn2-c2nccc3ccccc23)c1)S(=O)(=O)c1cc(Cl)cc(Cl)c1. The van der Waals surface area contributed by atoms with Crippen LogP contribution in [0.25, 0.3) is 27.5 Å². The van der Waals surface area contributed by atoms with Gasteiger partial charge in [0.1, 0.15) is 12.4 Å². The van der Waals surface area contributed by atoms with Gasteiger partial charge in [-0.1, -0.05) is 47.5 Å². The van der Waals surface area contributed by atoms with Crippen LogP contribution in [0.3, 0.4) is 0 Å². The molecule has 5 rings (SSSR count). The van der Waals surface area contributed by atoms with Crippen LogP contribution in [0.2, 0.25) is 10.0 Å². The van der Waals surface area contributed by atoms with Crippen molar-refractivity contribution in [3.63, 3.8) is 0 Å². The van der Waals surface area contributed by atoms with Crippen molar-refractivity contribution in [2.75, 3.05) is 10.8 Å². The van der Waals surface area contributed by atoms with Crippen molar-refractivity contribution in [1.29, 1.82) is 0 Å². The van der Waals surface area contributed by atoms with Gasteiger partial charge >= 0.3 is 5.97 Å². The van der Waals surface area contributed by atoms with E-state index in [0.29, 0.717) is 5.39 Å². The lowest BCUT2D eigenvalue weighted by molar-refractivity contribution is -0.135. The molecule has 0 fully saturated rings. The summed E-state index contributed by atoms with van der Waals surface area (Å²) in [6.45, 7) is -0.774. The molecule has 0 aliphatic rings. The number of pyridine rings is 1. The van der Waals surface area contributed by atoms with Crippen LogP contribution in [0.4, 0.5) is 5.69 Å². The number of fused-ring (bicyclic) bond motifs is 2. The van der Waals surface area contributed by atoms with Crippen LogP contribution in [0.5, 0.6) is 0 Å². The van der Waals surface area contributed by atoms with E-state index in [1.807, 2.05) is 47.2 Å². The number of hydrogen-bond acceptors (Lipinski definition) is 4. The summed E-state index contributed by atoms with van der Waals surface area (Å²) in [6.07, 6.45) is 3.57. The first-order chi connectivity index (χ1) is 16.7. The van der Waals surface area contributed by atoms with E-state index in [1.54, 1.807) is 24.4 Å². The molecule has 1 N–H and O–H groups in total. The van der Waals surface area contributed by atoms with Gasteiger partial charge in [0.25, 0.3) is 10.0 Å². The van der Waals surface area contributed by atoms with Crippen molar-refractivity contribution >= 4 is 66.6 Å². The smallest absolute Gasteiger partial charge is 0.324 e. The number of carboxylic acids is 1. The Morgan fingerprint density at radius 3 is 2.43 bits per heavy atom. The summed E-state index contributed by atoms with van der Waals surface area (Å²) in [5.74, 6) is -0.575. The Labute approximate surface area is 210 Å². The number of aliphatic carboxylic acids is 1. The highest BCUT2D eigenvalue weighted by atomic mass is 35.5. The lowest BCUT2D eigenvalue weighted by atomic mass is 10.1. The van der Waals surface area contributed by atoms with Crippen LogP contribution in [0.1, 0.15) is 0 Å². The number of nitrogens with zero attached hydrogens (tertiary/aromatic N) is 3. The van der Waals surface area contributed by atoms with Crippen LogP contribution in [-0.2, 0) is 14.8 Å². The number of halogens is 2. The van der Waals surface area contributed by atoms with Gasteiger partial charge in [-0.25, -0.2) is 13.4 Å². The molecule has 3 aromatic carbocycles. The van der Waals surface area contributed by atoms with Crippen molar-refractivity contribution in [2.45, 2.75) is 4.90 Å². The molecule has 7 nitrogen and oxygen atoms in total. The lowest BCUT2D eigenvalue weighted by Gasteiger charge is -2.23. The Hall–Kier alpha value is -3.59. The van der Waals surface area contributed by atoms with E-state index in [0.717, 1.165) is 26.4 Å². The second-order valence-corrected chi connectivity index (χ2v) is 10.5. The third-order valence-corrected chi connectivity index (χ3v) is 7.73. The second-order valence-electron chi connectivity index (χ2n) is 7.80. The van der Waals surface area contributed by atoms with E-state index in [2.05, 4.69) is 4.98 Å². The molecule has 5 aromatic rings. The van der Waals surface area contributed by atoms with Crippen molar-refractivity contribution < 1.29 is 18.3 Å². The molecule has 0 aliphatic carbocycles. The van der Waals surface area contributed by atoms with Crippen molar-refractivity contribution in [2.24, 2.45) is 0 Å². The highest BCUT2D eigenvalue weighted by molar-refractivity contribution is 7.92. The molecular formula is C25H17Cl2N3O4S. The number of sulfonamides is 1. The van der Waals surface area contributed by atoms with Crippen LogP contribution in [-0.4, -0.2) is 35.6 Å². The van der Waals surface area contributed by atoms with Gasteiger partial charge in [-0.3, -0.25) is 9.10 Å². The molecule has 10 heteroatoms. The van der Waals surface area contributed by atoms with E-state index in [-0.39, 0.29) is 20.6 Å². The molecule has 0 radical (unpaired) electrons. The zero-order valence-corrected chi connectivity index (χ0v) is 20.3. The minimum absolute atomic E-state index is 0.126. The van der Waals surface area contributed by atoms with Crippen LogP contribution in [0, 0.1) is 0 Å². The fraction of sp³-hybridized carbons (Fsp3) is 0.0400. The van der Waals surface area contributed by atoms with Crippen LogP contribution >= 0.6 is 23.2 Å². The number of carboxylic acid groups (broad SMARTS) is 1. The largest absolute Gasteiger partial charge is 0.480 e. The predicted octanol–water partition coefficient (Wildman–Crippen LogP) is 5.77. The fourth-order valence-corrected chi connectivity index (χ4v) is 6.14.